The van der Waals surface area contributed by atoms with Crippen molar-refractivity contribution in [3.8, 4) is 5.75 Å². The molecule has 2 aromatic carbocycles. The number of anilines is 2. The number of unbranched alkanes of at least 4 members (excludes halogenated alkanes) is 2. The number of para-hydroxylation sites is 1. The molecule has 0 radical (unpaired) electrons. The summed E-state index contributed by atoms with van der Waals surface area (Å²) in [6.07, 6.45) is 9.00. The highest BCUT2D eigenvalue weighted by Crippen LogP contribution is 2.44. The van der Waals surface area contributed by atoms with Gasteiger partial charge in [-0.2, -0.15) is 0 Å². The first-order chi connectivity index (χ1) is 24.7. The number of hydrogen-bond acceptors (Lipinski definition) is 10. The molecule has 0 spiro atoms. The van der Waals surface area contributed by atoms with Crippen LogP contribution in [0.1, 0.15) is 65.7 Å². The van der Waals surface area contributed by atoms with Crippen LogP contribution >= 0.6 is 11.8 Å². The molecule has 0 fully saturated rings. The standard InChI is InChI=1S/C37H50N4O9S2/c1-5-7-18-37(19-8-6-2)23-41(26-12-10-9-11-13-26)28-20-30(51-4)29(21-31(28)52(48,49)40-37)50-22-32(44)38-34(25-14-16-27(43)17-15-25)35(45)39-33(24(3)42)36(46)47/h9-16,20-21,24,27,33-34,40,42-43H,5-8,17-19,22-23H2,1-4H3,(H,38,44)(H,39,45)(H,46,47)/t24-,27?,33-,34?/m1/s1. The van der Waals surface area contributed by atoms with Crippen molar-refractivity contribution in [3.05, 3.63) is 66.3 Å². The van der Waals surface area contributed by atoms with Crippen molar-refractivity contribution < 1.29 is 42.9 Å². The third-order valence-corrected chi connectivity index (χ3v) is 11.5. The summed E-state index contributed by atoms with van der Waals surface area (Å²) in [5.41, 5.74) is 0.884. The first kappa shape index (κ1) is 40.9. The Hall–Kier alpha value is -3.89. The molecule has 1 heterocycles. The summed E-state index contributed by atoms with van der Waals surface area (Å²) in [6.45, 7) is 5.18. The number of thioether (sulfide) groups is 1. The van der Waals surface area contributed by atoms with E-state index in [1.54, 1.807) is 12.1 Å². The lowest BCUT2D eigenvalue weighted by atomic mass is 9.87. The lowest BCUT2D eigenvalue weighted by Crippen LogP contribution is -2.55. The molecule has 4 atom stereocenters. The fourth-order valence-electron chi connectivity index (χ4n) is 6.35. The van der Waals surface area contributed by atoms with Crippen LogP contribution in [0.25, 0.3) is 0 Å². The highest BCUT2D eigenvalue weighted by Gasteiger charge is 2.42. The number of fused-ring (bicyclic) bond motifs is 1. The van der Waals surface area contributed by atoms with Crippen LogP contribution in [-0.4, -0.2) is 90.8 Å². The number of aliphatic carboxylic acids is 1. The van der Waals surface area contributed by atoms with Gasteiger partial charge in [-0.05, 0) is 56.2 Å². The van der Waals surface area contributed by atoms with Crippen molar-refractivity contribution in [3.63, 3.8) is 0 Å². The molecule has 4 rings (SSSR count). The van der Waals surface area contributed by atoms with E-state index >= 15 is 0 Å². The summed E-state index contributed by atoms with van der Waals surface area (Å²) in [5, 5.41) is 34.1. The van der Waals surface area contributed by atoms with Crippen molar-refractivity contribution in [1.82, 2.24) is 15.4 Å². The molecule has 0 bridgehead atoms. The number of nitrogens with zero attached hydrogens (tertiary/aromatic N) is 1. The maximum Gasteiger partial charge on any atom is 0.328 e. The zero-order chi connectivity index (χ0) is 38.1. The maximum absolute atomic E-state index is 14.3. The van der Waals surface area contributed by atoms with Gasteiger partial charge in [0.05, 0.1) is 28.3 Å². The van der Waals surface area contributed by atoms with E-state index in [0.29, 0.717) is 35.5 Å². The molecule has 52 heavy (non-hydrogen) atoms. The number of carbonyl (C=O) groups is 3. The van der Waals surface area contributed by atoms with E-state index in [0.717, 1.165) is 31.4 Å². The second-order valence-electron chi connectivity index (χ2n) is 13.2. The number of carbonyl (C=O) groups excluding carboxylic acids is 2. The summed E-state index contributed by atoms with van der Waals surface area (Å²) in [6, 6.07) is 9.80. The van der Waals surface area contributed by atoms with Crippen LogP contribution in [0.4, 0.5) is 11.4 Å². The highest BCUT2D eigenvalue weighted by molar-refractivity contribution is 7.98. The van der Waals surface area contributed by atoms with Gasteiger partial charge in [-0.1, -0.05) is 76.0 Å². The average molecular weight is 759 g/mol. The van der Waals surface area contributed by atoms with E-state index in [4.69, 9.17) is 4.74 Å². The van der Waals surface area contributed by atoms with Gasteiger partial charge in [0, 0.05) is 18.3 Å². The molecule has 0 saturated carbocycles. The largest absolute Gasteiger partial charge is 0.483 e. The van der Waals surface area contributed by atoms with Crippen LogP contribution < -0.4 is 25.0 Å². The Labute approximate surface area is 309 Å². The van der Waals surface area contributed by atoms with Crippen molar-refractivity contribution in [2.45, 2.75) is 105 Å². The van der Waals surface area contributed by atoms with Gasteiger partial charge in [-0.3, -0.25) is 9.59 Å². The summed E-state index contributed by atoms with van der Waals surface area (Å²) < 4.78 is 37.6. The van der Waals surface area contributed by atoms with Gasteiger partial charge in [0.25, 0.3) is 5.91 Å². The van der Waals surface area contributed by atoms with Crippen LogP contribution in [0.3, 0.4) is 0 Å². The van der Waals surface area contributed by atoms with E-state index < -0.39 is 64.2 Å². The molecule has 2 aliphatic rings. The maximum atomic E-state index is 14.3. The molecule has 2 amide bonds. The quantitative estimate of drug-likeness (QED) is 0.128. The Morgan fingerprint density at radius 3 is 2.33 bits per heavy atom. The van der Waals surface area contributed by atoms with Gasteiger partial charge >= 0.3 is 5.97 Å². The molecule has 2 unspecified atom stereocenters. The highest BCUT2D eigenvalue weighted by atomic mass is 32.2. The van der Waals surface area contributed by atoms with Gasteiger partial charge < -0.3 is 35.6 Å². The Morgan fingerprint density at radius 2 is 1.77 bits per heavy atom. The van der Waals surface area contributed by atoms with Crippen LogP contribution in [0.15, 0.2) is 76.1 Å². The molecule has 6 N–H and O–H groups in total. The SMILES string of the molecule is CCCCC1(CCCC)CN(c2ccccc2)c2cc(SC)c(OCC(=O)NC(C(=O)N[C@@H](C(=O)O)[C@@H](C)O)C3=CCC(O)C=C3)cc2S(=O)(=O)N1. The lowest BCUT2D eigenvalue weighted by Gasteiger charge is -2.37. The summed E-state index contributed by atoms with van der Waals surface area (Å²) in [4.78, 5) is 40.9. The lowest BCUT2D eigenvalue weighted by molar-refractivity contribution is -0.145. The van der Waals surface area contributed by atoms with Crippen molar-refractivity contribution in [2.75, 3.05) is 24.3 Å². The third kappa shape index (κ3) is 10.2. The van der Waals surface area contributed by atoms with Crippen LogP contribution in [0.2, 0.25) is 0 Å². The summed E-state index contributed by atoms with van der Waals surface area (Å²) >= 11 is 1.32. The molecule has 1 aliphatic carbocycles. The van der Waals surface area contributed by atoms with E-state index in [9.17, 15) is 38.1 Å². The van der Waals surface area contributed by atoms with Gasteiger partial charge in [-0.15, -0.1) is 11.8 Å². The van der Waals surface area contributed by atoms with Gasteiger partial charge in [0.2, 0.25) is 15.9 Å². The second kappa shape index (κ2) is 18.2. The van der Waals surface area contributed by atoms with Crippen LogP contribution in [0, 0.1) is 0 Å². The van der Waals surface area contributed by atoms with E-state index in [1.807, 2.05) is 41.5 Å². The smallest absolute Gasteiger partial charge is 0.328 e. The number of carboxylic acid groups (broad SMARTS) is 1. The number of hydrogen-bond donors (Lipinski definition) is 6. The topological polar surface area (TPSA) is 195 Å². The van der Waals surface area contributed by atoms with Gasteiger partial charge in [-0.25, -0.2) is 17.9 Å². The molecule has 1 aliphatic heterocycles. The number of benzene rings is 2. The molecule has 0 aromatic heterocycles. The Balaban J connectivity index is 1.67. The molecule has 2 aromatic rings. The molecule has 13 nitrogen and oxygen atoms in total. The third-order valence-electron chi connectivity index (χ3n) is 9.13. The number of ether oxygens (including phenoxy) is 1. The minimum absolute atomic E-state index is 0.00517. The number of sulfonamides is 1. The normalized spacial score (nSPS) is 19.3. The summed E-state index contributed by atoms with van der Waals surface area (Å²) in [7, 11) is -4.09. The number of nitrogens with one attached hydrogen (secondary N) is 3. The molecule has 15 heteroatoms. The number of rotatable bonds is 17. The first-order valence-corrected chi connectivity index (χ1v) is 20.2. The first-order valence-electron chi connectivity index (χ1n) is 17.5. The van der Waals surface area contributed by atoms with Crippen molar-refractivity contribution in [1.29, 1.82) is 0 Å². The molecular formula is C37H50N4O9S2. The van der Waals surface area contributed by atoms with E-state index in [1.165, 1.54) is 36.9 Å². The van der Waals surface area contributed by atoms with Crippen LogP contribution in [-0.2, 0) is 24.4 Å². The summed E-state index contributed by atoms with van der Waals surface area (Å²) in [5.74, 6) is -2.96. The fourth-order valence-corrected chi connectivity index (χ4v) is 8.56. The predicted octanol–water partition coefficient (Wildman–Crippen LogP) is 4.02. The number of aliphatic hydroxyl groups is 2. The zero-order valence-corrected chi connectivity index (χ0v) is 31.6. The predicted molar refractivity (Wildman–Crippen MR) is 200 cm³/mol. The minimum Gasteiger partial charge on any atom is -0.483 e. The zero-order valence-electron chi connectivity index (χ0n) is 30.0. The molecule has 0 saturated heterocycles. The van der Waals surface area contributed by atoms with Gasteiger partial charge in [0.15, 0.2) is 12.6 Å². The monoisotopic (exact) mass is 758 g/mol. The number of carboxylic acids is 1. The van der Waals surface area contributed by atoms with Crippen molar-refractivity contribution in [2.24, 2.45) is 0 Å². The fraction of sp³-hybridized carbons (Fsp3) is 0.486. The average Bonchev–Trinajstić information content (AvgIpc) is 3.21. The number of amides is 2. The molecule has 284 valence electrons. The van der Waals surface area contributed by atoms with E-state index in [2.05, 4.69) is 29.2 Å². The van der Waals surface area contributed by atoms with Crippen molar-refractivity contribution >= 4 is 50.9 Å². The molecular weight excluding hydrogens is 709 g/mol. The van der Waals surface area contributed by atoms with Gasteiger partial charge in [0.1, 0.15) is 16.7 Å². The Kier molecular flexibility index (Phi) is 14.3. The minimum atomic E-state index is -4.09. The number of aliphatic hydroxyl groups excluding tert-OH is 2. The second-order valence-corrected chi connectivity index (χ2v) is 15.7. The van der Waals surface area contributed by atoms with E-state index in [-0.39, 0.29) is 17.1 Å². The Bertz CT molecular complexity index is 1740. The van der Waals surface area contributed by atoms with Crippen LogP contribution in [0.5, 0.6) is 5.75 Å². The Morgan fingerprint density at radius 1 is 1.10 bits per heavy atom.